The maximum Gasteiger partial charge on any atom is 0.0541 e. The standard InChI is InChI=1S/C29H60O2/c1-3-5-7-9-10-11-12-13-14-15-16-17-18-19-20-21-23-25-29(31)27-26-28(30)24-22-8-6-4-2/h28-31H,3-27H2,1-2H3/t28-,29+/m1/s1. The van der Waals surface area contributed by atoms with Crippen molar-refractivity contribution in [3.63, 3.8) is 0 Å². The van der Waals surface area contributed by atoms with Gasteiger partial charge in [0.05, 0.1) is 12.2 Å². The van der Waals surface area contributed by atoms with Gasteiger partial charge in [0, 0.05) is 0 Å². The van der Waals surface area contributed by atoms with Gasteiger partial charge in [0.2, 0.25) is 0 Å². The van der Waals surface area contributed by atoms with E-state index in [-0.39, 0.29) is 12.2 Å². The SMILES string of the molecule is CCCCCCCCCCCCCCCCCCC[C@H](O)CC[C@H](O)CCCCCC. The summed E-state index contributed by atoms with van der Waals surface area (Å²) in [6, 6.07) is 0. The van der Waals surface area contributed by atoms with Gasteiger partial charge in [-0.25, -0.2) is 0 Å². The van der Waals surface area contributed by atoms with Gasteiger partial charge in [-0.3, -0.25) is 0 Å². The summed E-state index contributed by atoms with van der Waals surface area (Å²) < 4.78 is 0. The van der Waals surface area contributed by atoms with Crippen molar-refractivity contribution >= 4 is 0 Å². The molecule has 0 saturated carbocycles. The van der Waals surface area contributed by atoms with Crippen molar-refractivity contribution in [1.29, 1.82) is 0 Å². The van der Waals surface area contributed by atoms with Crippen molar-refractivity contribution in [2.24, 2.45) is 0 Å². The molecule has 0 aromatic rings. The summed E-state index contributed by atoms with van der Waals surface area (Å²) in [6.45, 7) is 4.50. The van der Waals surface area contributed by atoms with Crippen LogP contribution in [0.25, 0.3) is 0 Å². The van der Waals surface area contributed by atoms with Gasteiger partial charge in [-0.2, -0.15) is 0 Å². The smallest absolute Gasteiger partial charge is 0.0541 e. The van der Waals surface area contributed by atoms with Gasteiger partial charge in [0.15, 0.2) is 0 Å². The van der Waals surface area contributed by atoms with Crippen molar-refractivity contribution in [2.75, 3.05) is 0 Å². The highest BCUT2D eigenvalue weighted by molar-refractivity contribution is 4.62. The summed E-state index contributed by atoms with van der Waals surface area (Å²) in [4.78, 5) is 0. The zero-order valence-electron chi connectivity index (χ0n) is 21.7. The van der Waals surface area contributed by atoms with E-state index in [0.717, 1.165) is 38.5 Å². The Morgan fingerprint density at radius 1 is 0.323 bits per heavy atom. The predicted molar refractivity (Wildman–Crippen MR) is 139 cm³/mol. The van der Waals surface area contributed by atoms with E-state index in [2.05, 4.69) is 13.8 Å². The zero-order valence-corrected chi connectivity index (χ0v) is 21.7. The Labute approximate surface area is 197 Å². The molecular formula is C29H60O2. The average Bonchev–Trinajstić information content (AvgIpc) is 2.77. The van der Waals surface area contributed by atoms with E-state index in [0.29, 0.717) is 0 Å². The molecule has 0 aliphatic carbocycles. The van der Waals surface area contributed by atoms with Crippen LogP contribution >= 0.6 is 0 Å². The molecule has 2 heteroatoms. The van der Waals surface area contributed by atoms with Crippen LogP contribution < -0.4 is 0 Å². The predicted octanol–water partition coefficient (Wildman–Crippen LogP) is 9.50. The van der Waals surface area contributed by atoms with E-state index >= 15 is 0 Å². The maximum atomic E-state index is 10.1. The molecule has 0 heterocycles. The largest absolute Gasteiger partial charge is 0.393 e. The highest BCUT2D eigenvalue weighted by Gasteiger charge is 2.09. The molecule has 0 spiro atoms. The molecule has 188 valence electrons. The Bertz CT molecular complexity index is 318. The molecule has 0 amide bonds. The molecule has 0 unspecified atom stereocenters. The van der Waals surface area contributed by atoms with Crippen molar-refractivity contribution in [3.05, 3.63) is 0 Å². The minimum Gasteiger partial charge on any atom is -0.393 e. The van der Waals surface area contributed by atoms with Gasteiger partial charge in [0.25, 0.3) is 0 Å². The number of hydrogen-bond acceptors (Lipinski definition) is 2. The van der Waals surface area contributed by atoms with Gasteiger partial charge in [-0.1, -0.05) is 149 Å². The highest BCUT2D eigenvalue weighted by Crippen LogP contribution is 2.16. The van der Waals surface area contributed by atoms with Crippen molar-refractivity contribution < 1.29 is 10.2 Å². The van der Waals surface area contributed by atoms with Gasteiger partial charge < -0.3 is 10.2 Å². The molecule has 2 N–H and O–H groups in total. The van der Waals surface area contributed by atoms with Crippen LogP contribution in [0.2, 0.25) is 0 Å². The Hall–Kier alpha value is -0.0800. The number of hydrogen-bond donors (Lipinski definition) is 2. The maximum absolute atomic E-state index is 10.1. The third kappa shape index (κ3) is 26.1. The van der Waals surface area contributed by atoms with Crippen molar-refractivity contribution in [3.8, 4) is 0 Å². The van der Waals surface area contributed by atoms with Gasteiger partial charge in [-0.15, -0.1) is 0 Å². The molecule has 0 fully saturated rings. The lowest BCUT2D eigenvalue weighted by Gasteiger charge is -2.14. The second-order valence-corrected chi connectivity index (χ2v) is 10.2. The van der Waals surface area contributed by atoms with Crippen molar-refractivity contribution in [2.45, 2.75) is 187 Å². The van der Waals surface area contributed by atoms with Crippen LogP contribution in [0.15, 0.2) is 0 Å². The number of rotatable bonds is 26. The number of unbranched alkanes of at least 4 members (excludes halogenated alkanes) is 19. The molecule has 0 radical (unpaired) electrons. The topological polar surface area (TPSA) is 40.5 Å². The Morgan fingerprint density at radius 2 is 0.548 bits per heavy atom. The van der Waals surface area contributed by atoms with Crippen LogP contribution in [0, 0.1) is 0 Å². The molecule has 2 atom stereocenters. The first-order chi connectivity index (χ1) is 15.2. The molecule has 0 aromatic carbocycles. The Balaban J connectivity index is 3.20. The fraction of sp³-hybridized carbons (Fsp3) is 1.00. The van der Waals surface area contributed by atoms with Crippen LogP contribution in [0.5, 0.6) is 0 Å². The first-order valence-corrected chi connectivity index (χ1v) is 14.6. The molecule has 0 rings (SSSR count). The van der Waals surface area contributed by atoms with Gasteiger partial charge >= 0.3 is 0 Å². The Morgan fingerprint density at radius 3 is 0.839 bits per heavy atom. The lowest BCUT2D eigenvalue weighted by molar-refractivity contribution is 0.101. The van der Waals surface area contributed by atoms with Gasteiger partial charge in [0.1, 0.15) is 0 Å². The molecule has 0 saturated heterocycles. The lowest BCUT2D eigenvalue weighted by Crippen LogP contribution is -2.13. The third-order valence-corrected chi connectivity index (χ3v) is 6.86. The van der Waals surface area contributed by atoms with E-state index in [1.165, 1.54) is 122 Å². The average molecular weight is 441 g/mol. The molecular weight excluding hydrogens is 380 g/mol. The fourth-order valence-electron chi connectivity index (χ4n) is 4.59. The lowest BCUT2D eigenvalue weighted by atomic mass is 10.00. The highest BCUT2D eigenvalue weighted by atomic mass is 16.3. The van der Waals surface area contributed by atoms with E-state index in [9.17, 15) is 10.2 Å². The molecule has 0 aliphatic heterocycles. The minimum absolute atomic E-state index is 0.206. The van der Waals surface area contributed by atoms with Crippen LogP contribution in [0.3, 0.4) is 0 Å². The molecule has 0 aromatic heterocycles. The zero-order chi connectivity index (χ0) is 22.8. The second-order valence-electron chi connectivity index (χ2n) is 10.2. The number of aliphatic hydroxyl groups excluding tert-OH is 2. The monoisotopic (exact) mass is 440 g/mol. The van der Waals surface area contributed by atoms with Crippen LogP contribution in [0.4, 0.5) is 0 Å². The minimum atomic E-state index is -0.207. The second kappa shape index (κ2) is 26.2. The molecule has 2 nitrogen and oxygen atoms in total. The molecule has 0 bridgehead atoms. The molecule has 31 heavy (non-hydrogen) atoms. The third-order valence-electron chi connectivity index (χ3n) is 6.86. The van der Waals surface area contributed by atoms with E-state index in [1.807, 2.05) is 0 Å². The van der Waals surface area contributed by atoms with E-state index in [1.54, 1.807) is 0 Å². The summed E-state index contributed by atoms with van der Waals surface area (Å²) in [6.07, 6.45) is 31.5. The quantitative estimate of drug-likeness (QED) is 0.131. The normalized spacial score (nSPS) is 13.5. The van der Waals surface area contributed by atoms with E-state index < -0.39 is 0 Å². The van der Waals surface area contributed by atoms with Crippen LogP contribution in [-0.4, -0.2) is 22.4 Å². The first kappa shape index (κ1) is 30.9. The summed E-state index contributed by atoms with van der Waals surface area (Å²) in [5.41, 5.74) is 0. The van der Waals surface area contributed by atoms with Crippen molar-refractivity contribution in [1.82, 2.24) is 0 Å². The summed E-state index contributed by atoms with van der Waals surface area (Å²) in [5, 5.41) is 20.1. The summed E-state index contributed by atoms with van der Waals surface area (Å²) in [7, 11) is 0. The van der Waals surface area contributed by atoms with Crippen LogP contribution in [0.1, 0.15) is 174 Å². The van der Waals surface area contributed by atoms with Gasteiger partial charge in [-0.05, 0) is 25.7 Å². The summed E-state index contributed by atoms with van der Waals surface area (Å²) in [5.74, 6) is 0. The Kier molecular flexibility index (Phi) is 26.1. The molecule has 0 aliphatic rings. The fourth-order valence-corrected chi connectivity index (χ4v) is 4.59. The number of aliphatic hydroxyl groups is 2. The first-order valence-electron chi connectivity index (χ1n) is 14.6. The van der Waals surface area contributed by atoms with Crippen LogP contribution in [-0.2, 0) is 0 Å². The summed E-state index contributed by atoms with van der Waals surface area (Å²) >= 11 is 0. The van der Waals surface area contributed by atoms with E-state index in [4.69, 9.17) is 0 Å².